The molecule has 5 aromatic carbocycles. The van der Waals surface area contributed by atoms with Crippen molar-refractivity contribution in [2.45, 2.75) is 17.5 Å². The Balaban J connectivity index is 0.000000186. The number of ether oxygens (including phenoxy) is 1. The second-order valence-corrected chi connectivity index (χ2v) is 10.6. The Morgan fingerprint density at radius 2 is 1.16 bits per heavy atom. The van der Waals surface area contributed by atoms with Crippen LogP contribution in [0.4, 0.5) is 0 Å². The van der Waals surface area contributed by atoms with Crippen LogP contribution in [0.1, 0.15) is 35.1 Å². The van der Waals surface area contributed by atoms with E-state index in [-0.39, 0.29) is 18.3 Å². The number of rotatable bonds is 9. The summed E-state index contributed by atoms with van der Waals surface area (Å²) in [5.41, 5.74) is 6.86. The number of carbonyl (C=O) groups excluding carboxylic acids is 1. The number of benzene rings is 5. The fourth-order valence-electron chi connectivity index (χ4n) is 5.82. The zero-order valence-corrected chi connectivity index (χ0v) is 24.4. The van der Waals surface area contributed by atoms with Gasteiger partial charge in [-0.25, -0.2) is 0 Å². The topological polar surface area (TPSA) is 75.6 Å². The SMILES string of the molecule is O=C(O)C(CS)NC(c1ccccc1)(c1ccccc1)c1ccccc1.[2H]C(=O)OCC1c2ccccc2-c2ccccc21. The lowest BCUT2D eigenvalue weighted by molar-refractivity contribution is -0.139. The first-order valence-electron chi connectivity index (χ1n) is 14.5. The quantitative estimate of drug-likeness (QED) is 0.0990. The zero-order valence-electron chi connectivity index (χ0n) is 24.5. The lowest BCUT2D eigenvalue weighted by Gasteiger charge is -2.39. The maximum absolute atomic E-state index is 11.8. The van der Waals surface area contributed by atoms with E-state index in [0.717, 1.165) is 16.7 Å². The predicted molar refractivity (Wildman–Crippen MR) is 173 cm³/mol. The fourth-order valence-corrected chi connectivity index (χ4v) is 6.07. The third-order valence-corrected chi connectivity index (χ3v) is 8.13. The number of carboxylic acid groups (broad SMARTS) is 1. The molecule has 1 unspecified atom stereocenters. The number of carboxylic acids is 1. The van der Waals surface area contributed by atoms with Crippen molar-refractivity contribution in [3.05, 3.63) is 167 Å². The van der Waals surface area contributed by atoms with E-state index < -0.39 is 24.0 Å². The standard InChI is InChI=1S/C22H21NO2S.C15H12O2/c24-21(25)20(16-26)23-22(17-10-4-1-5-11-17,18-12-6-2-7-13-18)19-14-8-3-9-15-19;16-10-17-9-15-13-7-3-1-5-11(13)12-6-2-4-8-14(12)15/h1-15,20,23,26H,16H2,(H,24,25);1-8,10,15H,9H2/i;10D. The summed E-state index contributed by atoms with van der Waals surface area (Å²) in [5, 5.41) is 13.1. The number of fused-ring (bicyclic) bond motifs is 3. The molecule has 0 aromatic heterocycles. The minimum absolute atomic E-state index is 0.0479. The molecule has 216 valence electrons. The number of hydrogen-bond acceptors (Lipinski definition) is 5. The van der Waals surface area contributed by atoms with Crippen LogP contribution in [0.5, 0.6) is 0 Å². The van der Waals surface area contributed by atoms with E-state index in [4.69, 9.17) is 6.11 Å². The molecular weight excluding hydrogens is 554 g/mol. The van der Waals surface area contributed by atoms with Gasteiger partial charge in [0.2, 0.25) is 0 Å². The molecule has 0 aliphatic heterocycles. The van der Waals surface area contributed by atoms with Crippen molar-refractivity contribution in [3.63, 3.8) is 0 Å². The van der Waals surface area contributed by atoms with Gasteiger partial charge in [0.25, 0.3) is 6.45 Å². The Bertz CT molecular complexity index is 1560. The van der Waals surface area contributed by atoms with Crippen LogP contribution in [0, 0.1) is 0 Å². The van der Waals surface area contributed by atoms with E-state index >= 15 is 0 Å². The van der Waals surface area contributed by atoms with Gasteiger partial charge in [-0.15, -0.1) is 0 Å². The van der Waals surface area contributed by atoms with E-state index in [1.807, 2.05) is 115 Å². The van der Waals surface area contributed by atoms with Gasteiger partial charge in [-0.2, -0.15) is 12.6 Å². The third-order valence-electron chi connectivity index (χ3n) is 7.76. The molecule has 0 saturated carbocycles. The molecule has 0 fully saturated rings. The Kier molecular flexibility index (Phi) is 9.28. The molecular formula is C37H33NO4S. The highest BCUT2D eigenvalue weighted by molar-refractivity contribution is 7.80. The van der Waals surface area contributed by atoms with Crippen molar-refractivity contribution in [2.75, 3.05) is 12.4 Å². The second-order valence-electron chi connectivity index (χ2n) is 10.2. The van der Waals surface area contributed by atoms with E-state index in [1.54, 1.807) is 0 Å². The molecule has 6 rings (SSSR count). The Hall–Kier alpha value is -4.65. The molecule has 0 radical (unpaired) electrons. The average Bonchev–Trinajstić information content (AvgIpc) is 3.39. The van der Waals surface area contributed by atoms with Crippen LogP contribution in [-0.4, -0.2) is 35.9 Å². The van der Waals surface area contributed by atoms with E-state index in [9.17, 15) is 14.7 Å². The lowest BCUT2D eigenvalue weighted by atomic mass is 9.76. The number of aliphatic carboxylic acids is 1. The van der Waals surface area contributed by atoms with Crippen molar-refractivity contribution in [1.82, 2.24) is 5.32 Å². The van der Waals surface area contributed by atoms with E-state index in [1.165, 1.54) is 22.3 Å². The summed E-state index contributed by atoms with van der Waals surface area (Å²) in [4.78, 5) is 22.5. The number of nitrogens with one attached hydrogen (secondary N) is 1. The Morgan fingerprint density at radius 3 is 1.53 bits per heavy atom. The molecule has 0 heterocycles. The largest absolute Gasteiger partial charge is 0.480 e. The number of carbonyl (C=O) groups is 2. The van der Waals surface area contributed by atoms with Gasteiger partial charge in [0.1, 0.15) is 12.6 Å². The van der Waals surface area contributed by atoms with Gasteiger partial charge in [0.05, 0.1) is 5.54 Å². The first-order chi connectivity index (χ1) is 21.5. The van der Waals surface area contributed by atoms with Crippen molar-refractivity contribution in [2.24, 2.45) is 0 Å². The minimum Gasteiger partial charge on any atom is -0.480 e. The van der Waals surface area contributed by atoms with Gasteiger partial charge < -0.3 is 9.84 Å². The van der Waals surface area contributed by atoms with Gasteiger partial charge in [-0.1, -0.05) is 140 Å². The molecule has 6 heteroatoms. The molecule has 43 heavy (non-hydrogen) atoms. The highest BCUT2D eigenvalue weighted by Crippen LogP contribution is 2.44. The summed E-state index contributed by atoms with van der Waals surface area (Å²) in [6.07, 6.45) is -0.975. The molecule has 1 atom stereocenters. The minimum atomic E-state index is -0.975. The van der Waals surface area contributed by atoms with Gasteiger partial charge in [-0.05, 0) is 38.9 Å². The van der Waals surface area contributed by atoms with Crippen LogP contribution >= 0.6 is 12.6 Å². The Labute approximate surface area is 259 Å². The van der Waals surface area contributed by atoms with Gasteiger partial charge in [0.15, 0.2) is 1.37 Å². The average molecular weight is 589 g/mol. The summed E-state index contributed by atoms with van der Waals surface area (Å²) in [6.45, 7) is 0.232. The monoisotopic (exact) mass is 588 g/mol. The van der Waals surface area contributed by atoms with Crippen LogP contribution in [0.2, 0.25) is 0 Å². The van der Waals surface area contributed by atoms with Crippen LogP contribution in [0.15, 0.2) is 140 Å². The number of thiol groups is 1. The van der Waals surface area contributed by atoms with Crippen LogP contribution in [0.3, 0.4) is 0 Å². The van der Waals surface area contributed by atoms with Crippen molar-refractivity contribution < 1.29 is 20.8 Å². The van der Waals surface area contributed by atoms with Crippen molar-refractivity contribution >= 4 is 25.0 Å². The lowest BCUT2D eigenvalue weighted by Crippen LogP contribution is -2.53. The van der Waals surface area contributed by atoms with Crippen molar-refractivity contribution in [1.29, 1.82) is 0 Å². The third kappa shape index (κ3) is 6.26. The zero-order chi connectivity index (χ0) is 30.9. The second kappa shape index (κ2) is 14.0. The van der Waals surface area contributed by atoms with Crippen LogP contribution < -0.4 is 5.32 Å². The van der Waals surface area contributed by atoms with E-state index in [2.05, 4.69) is 42.2 Å². The molecule has 0 bridgehead atoms. The van der Waals surface area contributed by atoms with Crippen LogP contribution in [-0.2, 0) is 19.9 Å². The van der Waals surface area contributed by atoms with Crippen LogP contribution in [0.25, 0.3) is 11.1 Å². The molecule has 1 aliphatic carbocycles. The smallest absolute Gasteiger partial charge is 0.321 e. The molecule has 1 aliphatic rings. The summed E-state index contributed by atoms with van der Waals surface area (Å²) in [6, 6.07) is 45.2. The summed E-state index contributed by atoms with van der Waals surface area (Å²) in [5.74, 6) is -0.692. The summed E-state index contributed by atoms with van der Waals surface area (Å²) < 4.78 is 11.7. The molecule has 5 nitrogen and oxygen atoms in total. The van der Waals surface area contributed by atoms with E-state index in [0.29, 0.717) is 0 Å². The van der Waals surface area contributed by atoms with Gasteiger partial charge in [0, 0.05) is 11.7 Å². The first kappa shape index (κ1) is 28.5. The maximum atomic E-state index is 11.8. The number of hydrogen-bond donors (Lipinski definition) is 3. The highest BCUT2D eigenvalue weighted by Gasteiger charge is 2.39. The fraction of sp³-hybridized carbons (Fsp3) is 0.135. The highest BCUT2D eigenvalue weighted by atomic mass is 32.1. The summed E-state index contributed by atoms with van der Waals surface area (Å²) in [7, 11) is 0. The first-order valence-corrected chi connectivity index (χ1v) is 14.7. The van der Waals surface area contributed by atoms with Crippen molar-refractivity contribution in [3.8, 4) is 11.1 Å². The molecule has 0 amide bonds. The molecule has 0 spiro atoms. The maximum Gasteiger partial charge on any atom is 0.321 e. The molecule has 2 N–H and O–H groups in total. The van der Waals surface area contributed by atoms with Gasteiger partial charge in [-0.3, -0.25) is 14.9 Å². The van der Waals surface area contributed by atoms with Gasteiger partial charge >= 0.3 is 5.97 Å². The Morgan fingerprint density at radius 1 is 0.767 bits per heavy atom. The normalized spacial score (nSPS) is 13.0. The predicted octanol–water partition coefficient (Wildman–Crippen LogP) is 6.92. The molecule has 0 saturated heterocycles. The molecule has 5 aromatic rings. The summed E-state index contributed by atoms with van der Waals surface area (Å²) >= 11 is 4.26.